The van der Waals surface area contributed by atoms with Gasteiger partial charge in [0.15, 0.2) is 0 Å². The molecule has 2 aromatic carbocycles. The van der Waals surface area contributed by atoms with E-state index in [4.69, 9.17) is 16.9 Å². The molecule has 0 fully saturated rings. The Morgan fingerprint density at radius 2 is 1.04 bits per heavy atom. The molecule has 0 amide bonds. The Bertz CT molecular complexity index is 732. The largest absolute Gasteiger partial charge is 1.00 e. The van der Waals surface area contributed by atoms with Crippen molar-refractivity contribution in [2.24, 2.45) is 0 Å². The first-order valence-electron chi connectivity index (χ1n) is 7.04. The number of rotatable bonds is 2. The first-order valence-corrected chi connectivity index (χ1v) is 7.04. The number of benzene rings is 2. The summed E-state index contributed by atoms with van der Waals surface area (Å²) in [7, 11) is 0. The molecule has 0 spiro atoms. The molecule has 5 N–H and O–H groups in total. The molecule has 0 aromatic heterocycles. The van der Waals surface area contributed by atoms with Gasteiger partial charge in [0.2, 0.25) is 0 Å². The third-order valence-corrected chi connectivity index (χ3v) is 3.57. The van der Waals surface area contributed by atoms with Crippen LogP contribution in [0.15, 0.2) is 78.4 Å². The second-order valence-electron chi connectivity index (χ2n) is 5.20. The fraction of sp³-hybridized carbons (Fsp3) is 0. The van der Waals surface area contributed by atoms with Crippen LogP contribution in [0.25, 0.3) is 5.57 Å². The summed E-state index contributed by atoms with van der Waals surface area (Å²) in [6, 6.07) is 15.6. The van der Waals surface area contributed by atoms with Gasteiger partial charge in [0, 0.05) is 11.4 Å². The van der Waals surface area contributed by atoms with E-state index in [-0.39, 0.29) is 12.4 Å². The van der Waals surface area contributed by atoms with Crippen LogP contribution >= 0.6 is 0 Å². The Kier molecular flexibility index (Phi) is 5.04. The lowest BCUT2D eigenvalue weighted by Gasteiger charge is -2.14. The molecule has 0 radical (unpaired) electrons. The topological polar surface area (TPSA) is 75.9 Å². The number of nitrogens with one attached hydrogen (secondary N) is 1. The highest BCUT2D eigenvalue weighted by Crippen LogP contribution is 2.30. The van der Waals surface area contributed by atoms with Gasteiger partial charge in [-0.25, -0.2) is 0 Å². The minimum atomic E-state index is 0. The summed E-state index contributed by atoms with van der Waals surface area (Å²) in [6.07, 6.45) is 7.52. The van der Waals surface area contributed by atoms with E-state index >= 15 is 0 Å². The van der Waals surface area contributed by atoms with Crippen molar-refractivity contribution < 1.29 is 12.4 Å². The fourth-order valence-corrected chi connectivity index (χ4v) is 2.44. The standard InChI is InChI=1S/C19H17N3.ClH/c20-16-7-1-13(2-8-16)19(14-3-9-17(21)10-4-14)15-5-11-18(22)12-6-15;/h1-12,20H,21-22H2;1H/p-1. The molecule has 0 atom stereocenters. The molecule has 4 heteroatoms. The van der Waals surface area contributed by atoms with Gasteiger partial charge in [-0.15, -0.1) is 0 Å². The van der Waals surface area contributed by atoms with Gasteiger partial charge in [-0.2, -0.15) is 0 Å². The van der Waals surface area contributed by atoms with Gasteiger partial charge in [0.1, 0.15) is 0 Å². The average molecular weight is 323 g/mol. The third-order valence-electron chi connectivity index (χ3n) is 3.57. The number of hydrogen-bond acceptors (Lipinski definition) is 3. The van der Waals surface area contributed by atoms with Crippen LogP contribution < -0.4 is 23.9 Å². The summed E-state index contributed by atoms with van der Waals surface area (Å²) in [5.74, 6) is 0. The summed E-state index contributed by atoms with van der Waals surface area (Å²) in [5, 5.41) is 7.66. The van der Waals surface area contributed by atoms with E-state index in [9.17, 15) is 0 Å². The van der Waals surface area contributed by atoms with Crippen molar-refractivity contribution in [2.75, 3.05) is 11.5 Å². The van der Waals surface area contributed by atoms with Gasteiger partial charge in [-0.1, -0.05) is 36.4 Å². The molecule has 0 unspecified atom stereocenters. The van der Waals surface area contributed by atoms with Crippen LogP contribution in [0.4, 0.5) is 11.4 Å². The molecule has 0 aliphatic heterocycles. The van der Waals surface area contributed by atoms with E-state index in [1.165, 1.54) is 0 Å². The third kappa shape index (κ3) is 3.71. The van der Waals surface area contributed by atoms with Crippen molar-refractivity contribution in [1.82, 2.24) is 0 Å². The van der Waals surface area contributed by atoms with Crippen molar-refractivity contribution in [3.05, 3.63) is 89.5 Å². The molecule has 0 saturated heterocycles. The zero-order valence-electron chi connectivity index (χ0n) is 12.5. The Hall–Kier alpha value is -2.78. The predicted molar refractivity (Wildman–Crippen MR) is 93.7 cm³/mol. The number of anilines is 2. The molecule has 0 heterocycles. The molecule has 23 heavy (non-hydrogen) atoms. The lowest BCUT2D eigenvalue weighted by molar-refractivity contribution is -0.00000456. The second-order valence-corrected chi connectivity index (χ2v) is 5.20. The molecular weight excluding hydrogens is 306 g/mol. The number of halogens is 1. The summed E-state index contributed by atoms with van der Waals surface area (Å²) >= 11 is 0. The number of hydrogen-bond donors (Lipinski definition) is 3. The quantitative estimate of drug-likeness (QED) is 0.715. The minimum Gasteiger partial charge on any atom is -1.00 e. The number of allylic oxidation sites excluding steroid dienone is 5. The maximum atomic E-state index is 7.66. The maximum Gasteiger partial charge on any atom is 0.0540 e. The molecule has 0 saturated carbocycles. The Labute approximate surface area is 141 Å². The highest BCUT2D eigenvalue weighted by Gasteiger charge is 2.10. The van der Waals surface area contributed by atoms with Gasteiger partial charge in [0.25, 0.3) is 0 Å². The lowest BCUT2D eigenvalue weighted by atomic mass is 9.90. The van der Waals surface area contributed by atoms with Crippen molar-refractivity contribution in [3.8, 4) is 0 Å². The van der Waals surface area contributed by atoms with Gasteiger partial charge in [0.05, 0.1) is 5.71 Å². The summed E-state index contributed by atoms with van der Waals surface area (Å²) in [5.41, 5.74) is 17.9. The monoisotopic (exact) mass is 322 g/mol. The van der Waals surface area contributed by atoms with Crippen LogP contribution in [-0.4, -0.2) is 5.71 Å². The number of nitrogen functional groups attached to an aromatic ring is 2. The van der Waals surface area contributed by atoms with Gasteiger partial charge in [-0.3, -0.25) is 0 Å². The second kappa shape index (κ2) is 6.99. The molecule has 1 aliphatic carbocycles. The molecule has 116 valence electrons. The molecule has 3 nitrogen and oxygen atoms in total. The molecule has 3 rings (SSSR count). The maximum absolute atomic E-state index is 7.66. The first kappa shape index (κ1) is 16.6. The Morgan fingerprint density at radius 1 is 0.652 bits per heavy atom. The number of nitrogens with two attached hydrogens (primary N) is 2. The van der Waals surface area contributed by atoms with E-state index in [1.807, 2.05) is 60.7 Å². The van der Waals surface area contributed by atoms with Gasteiger partial charge in [-0.05, 0) is 58.7 Å². The average Bonchev–Trinajstić information content (AvgIpc) is 2.53. The van der Waals surface area contributed by atoms with Gasteiger partial charge >= 0.3 is 0 Å². The highest BCUT2D eigenvalue weighted by molar-refractivity contribution is 6.05. The Morgan fingerprint density at radius 3 is 1.43 bits per heavy atom. The van der Waals surface area contributed by atoms with E-state index < -0.39 is 0 Å². The molecular formula is C19H17ClN3-. The summed E-state index contributed by atoms with van der Waals surface area (Å²) < 4.78 is 0. The van der Waals surface area contributed by atoms with E-state index in [0.29, 0.717) is 5.71 Å². The van der Waals surface area contributed by atoms with Crippen LogP contribution in [0.1, 0.15) is 11.1 Å². The SMILES string of the molecule is N=C1C=CC(=C(c2ccc(N)cc2)c2ccc(N)cc2)C=C1.[Cl-]. The highest BCUT2D eigenvalue weighted by atomic mass is 35.5. The lowest BCUT2D eigenvalue weighted by Crippen LogP contribution is -3.00. The fourth-order valence-electron chi connectivity index (χ4n) is 2.44. The summed E-state index contributed by atoms with van der Waals surface area (Å²) in [4.78, 5) is 0. The zero-order valence-corrected chi connectivity index (χ0v) is 13.2. The predicted octanol–water partition coefficient (Wildman–Crippen LogP) is 0.803. The van der Waals surface area contributed by atoms with Crippen LogP contribution in [0, 0.1) is 5.41 Å². The van der Waals surface area contributed by atoms with Gasteiger partial charge < -0.3 is 29.3 Å². The minimum absolute atomic E-state index is 0. The van der Waals surface area contributed by atoms with Crippen LogP contribution in [0.5, 0.6) is 0 Å². The van der Waals surface area contributed by atoms with Crippen LogP contribution in [-0.2, 0) is 0 Å². The van der Waals surface area contributed by atoms with Crippen LogP contribution in [0.2, 0.25) is 0 Å². The summed E-state index contributed by atoms with van der Waals surface area (Å²) in [6.45, 7) is 0. The smallest absolute Gasteiger partial charge is 0.0540 e. The van der Waals surface area contributed by atoms with Crippen molar-refractivity contribution in [2.45, 2.75) is 0 Å². The van der Waals surface area contributed by atoms with E-state index in [2.05, 4.69) is 0 Å². The molecule has 1 aliphatic rings. The molecule has 0 bridgehead atoms. The van der Waals surface area contributed by atoms with Crippen molar-refractivity contribution in [1.29, 1.82) is 5.41 Å². The molecule has 2 aromatic rings. The zero-order chi connectivity index (χ0) is 15.5. The first-order chi connectivity index (χ1) is 10.6. The van der Waals surface area contributed by atoms with Crippen molar-refractivity contribution in [3.63, 3.8) is 0 Å². The van der Waals surface area contributed by atoms with E-state index in [0.717, 1.165) is 33.6 Å². The van der Waals surface area contributed by atoms with E-state index in [1.54, 1.807) is 12.2 Å². The van der Waals surface area contributed by atoms with Crippen molar-refractivity contribution >= 4 is 22.7 Å². The normalized spacial score (nSPS) is 12.9. The van der Waals surface area contributed by atoms with Crippen LogP contribution in [0.3, 0.4) is 0 Å². The Balaban J connectivity index is 0.00000192.